The quantitative estimate of drug-likeness (QED) is 0.591. The standard InChI is InChI=1S/C12H25NO3/c1-11(2,3)9(13)10(14)15-7-8-16-12(4,5)6/h9H,7-8,13H2,1-6H3/t9-/m1/s1. The van der Waals surface area contributed by atoms with Crippen LogP contribution in [0.1, 0.15) is 41.5 Å². The van der Waals surface area contributed by atoms with Gasteiger partial charge in [0.2, 0.25) is 0 Å². The topological polar surface area (TPSA) is 61.5 Å². The molecule has 0 aromatic heterocycles. The molecular weight excluding hydrogens is 206 g/mol. The van der Waals surface area contributed by atoms with E-state index in [1.54, 1.807) is 0 Å². The average Bonchev–Trinajstić information content (AvgIpc) is 2.07. The largest absolute Gasteiger partial charge is 0.462 e. The summed E-state index contributed by atoms with van der Waals surface area (Å²) in [7, 11) is 0. The van der Waals surface area contributed by atoms with Crippen molar-refractivity contribution in [2.75, 3.05) is 13.2 Å². The third-order valence-corrected chi connectivity index (χ3v) is 2.05. The van der Waals surface area contributed by atoms with Gasteiger partial charge in [0.1, 0.15) is 12.6 Å². The van der Waals surface area contributed by atoms with Crippen molar-refractivity contribution in [3.63, 3.8) is 0 Å². The lowest BCUT2D eigenvalue weighted by atomic mass is 9.87. The van der Waals surface area contributed by atoms with E-state index in [0.717, 1.165) is 0 Å². The number of carbonyl (C=O) groups excluding carboxylic acids is 1. The fraction of sp³-hybridized carbons (Fsp3) is 0.917. The predicted molar refractivity (Wildman–Crippen MR) is 64.1 cm³/mol. The maximum absolute atomic E-state index is 11.5. The molecule has 0 saturated carbocycles. The van der Waals surface area contributed by atoms with Gasteiger partial charge in [-0.15, -0.1) is 0 Å². The third kappa shape index (κ3) is 6.80. The van der Waals surface area contributed by atoms with E-state index in [4.69, 9.17) is 15.2 Å². The molecule has 0 bridgehead atoms. The summed E-state index contributed by atoms with van der Waals surface area (Å²) in [6, 6.07) is -0.595. The molecule has 96 valence electrons. The minimum atomic E-state index is -0.595. The number of rotatable bonds is 4. The molecule has 0 aliphatic heterocycles. The van der Waals surface area contributed by atoms with Crippen molar-refractivity contribution in [1.29, 1.82) is 0 Å². The van der Waals surface area contributed by atoms with Crippen LogP contribution in [0.5, 0.6) is 0 Å². The summed E-state index contributed by atoms with van der Waals surface area (Å²) in [5, 5.41) is 0. The maximum atomic E-state index is 11.5. The Bertz CT molecular complexity index is 225. The molecule has 0 heterocycles. The molecular formula is C12H25NO3. The van der Waals surface area contributed by atoms with Gasteiger partial charge < -0.3 is 15.2 Å². The summed E-state index contributed by atoms with van der Waals surface area (Å²) in [5.74, 6) is -0.370. The van der Waals surface area contributed by atoms with Gasteiger partial charge in [0.05, 0.1) is 12.2 Å². The van der Waals surface area contributed by atoms with Crippen molar-refractivity contribution in [1.82, 2.24) is 0 Å². The minimum absolute atomic E-state index is 0.210. The van der Waals surface area contributed by atoms with Crippen LogP contribution < -0.4 is 5.73 Å². The summed E-state index contributed by atoms with van der Waals surface area (Å²) in [5.41, 5.74) is 5.26. The second-order valence-electron chi connectivity index (χ2n) is 5.97. The lowest BCUT2D eigenvalue weighted by Crippen LogP contribution is -2.43. The predicted octanol–water partition coefficient (Wildman–Crippen LogP) is 1.72. The molecule has 1 atom stereocenters. The Hall–Kier alpha value is -0.610. The minimum Gasteiger partial charge on any atom is -0.462 e. The van der Waals surface area contributed by atoms with Crippen LogP contribution in [0.15, 0.2) is 0 Å². The molecule has 0 aliphatic carbocycles. The highest BCUT2D eigenvalue weighted by Gasteiger charge is 2.28. The molecule has 0 fully saturated rings. The molecule has 2 N–H and O–H groups in total. The highest BCUT2D eigenvalue weighted by molar-refractivity contribution is 5.76. The summed E-state index contributed by atoms with van der Waals surface area (Å²) in [4.78, 5) is 11.5. The summed E-state index contributed by atoms with van der Waals surface area (Å²) in [6.45, 7) is 12.2. The third-order valence-electron chi connectivity index (χ3n) is 2.05. The van der Waals surface area contributed by atoms with Gasteiger partial charge in [0.25, 0.3) is 0 Å². The lowest BCUT2D eigenvalue weighted by molar-refractivity contribution is -0.151. The molecule has 4 nitrogen and oxygen atoms in total. The van der Waals surface area contributed by atoms with Crippen molar-refractivity contribution in [3.05, 3.63) is 0 Å². The number of esters is 1. The van der Waals surface area contributed by atoms with Crippen LogP contribution in [0.3, 0.4) is 0 Å². The fourth-order valence-electron chi connectivity index (χ4n) is 0.933. The average molecular weight is 231 g/mol. The Labute approximate surface area is 98.5 Å². The van der Waals surface area contributed by atoms with Gasteiger partial charge in [-0.2, -0.15) is 0 Å². The van der Waals surface area contributed by atoms with Crippen molar-refractivity contribution < 1.29 is 14.3 Å². The molecule has 0 saturated heterocycles. The molecule has 0 aromatic carbocycles. The molecule has 0 spiro atoms. The van der Waals surface area contributed by atoms with Crippen LogP contribution in [-0.4, -0.2) is 30.8 Å². The molecule has 0 unspecified atom stereocenters. The number of carbonyl (C=O) groups is 1. The smallest absolute Gasteiger partial charge is 0.323 e. The lowest BCUT2D eigenvalue weighted by Gasteiger charge is -2.25. The van der Waals surface area contributed by atoms with Crippen molar-refractivity contribution in [2.45, 2.75) is 53.2 Å². The molecule has 0 aromatic rings. The van der Waals surface area contributed by atoms with E-state index >= 15 is 0 Å². The number of nitrogens with two attached hydrogens (primary N) is 1. The number of hydrogen-bond donors (Lipinski definition) is 1. The Morgan fingerprint density at radius 1 is 1.12 bits per heavy atom. The summed E-state index contributed by atoms with van der Waals surface area (Å²) in [6.07, 6.45) is 0. The molecule has 0 amide bonds. The second-order valence-corrected chi connectivity index (χ2v) is 5.97. The van der Waals surface area contributed by atoms with Gasteiger partial charge in [-0.25, -0.2) is 0 Å². The Kier molecular flexibility index (Phi) is 5.42. The van der Waals surface area contributed by atoms with Gasteiger partial charge in [0, 0.05) is 0 Å². The van der Waals surface area contributed by atoms with Crippen LogP contribution in [0.2, 0.25) is 0 Å². The van der Waals surface area contributed by atoms with E-state index in [1.165, 1.54) is 0 Å². The van der Waals surface area contributed by atoms with Crippen molar-refractivity contribution in [2.24, 2.45) is 11.1 Å². The Balaban J connectivity index is 3.83. The van der Waals surface area contributed by atoms with Gasteiger partial charge in [-0.3, -0.25) is 4.79 Å². The van der Waals surface area contributed by atoms with E-state index in [2.05, 4.69) is 0 Å². The Morgan fingerprint density at radius 3 is 2.00 bits per heavy atom. The highest BCUT2D eigenvalue weighted by Crippen LogP contribution is 2.18. The van der Waals surface area contributed by atoms with E-state index in [1.807, 2.05) is 41.5 Å². The van der Waals surface area contributed by atoms with Gasteiger partial charge in [-0.1, -0.05) is 20.8 Å². The van der Waals surface area contributed by atoms with Gasteiger partial charge in [-0.05, 0) is 26.2 Å². The zero-order chi connectivity index (χ0) is 13.0. The normalized spacial score (nSPS) is 14.7. The van der Waals surface area contributed by atoms with E-state index in [9.17, 15) is 4.79 Å². The van der Waals surface area contributed by atoms with Crippen LogP contribution in [0.4, 0.5) is 0 Å². The number of ether oxygens (including phenoxy) is 2. The maximum Gasteiger partial charge on any atom is 0.323 e. The van der Waals surface area contributed by atoms with Crippen molar-refractivity contribution >= 4 is 5.97 Å². The van der Waals surface area contributed by atoms with E-state index in [0.29, 0.717) is 6.61 Å². The first-order valence-corrected chi connectivity index (χ1v) is 5.60. The first-order chi connectivity index (χ1) is 7.04. The molecule has 0 rings (SSSR count). The summed E-state index contributed by atoms with van der Waals surface area (Å²) >= 11 is 0. The first kappa shape index (κ1) is 15.4. The first-order valence-electron chi connectivity index (χ1n) is 5.60. The fourth-order valence-corrected chi connectivity index (χ4v) is 0.933. The van der Waals surface area contributed by atoms with Crippen LogP contribution in [0, 0.1) is 5.41 Å². The molecule has 16 heavy (non-hydrogen) atoms. The van der Waals surface area contributed by atoms with E-state index < -0.39 is 6.04 Å². The van der Waals surface area contributed by atoms with Gasteiger partial charge in [0.15, 0.2) is 0 Å². The van der Waals surface area contributed by atoms with Crippen molar-refractivity contribution in [3.8, 4) is 0 Å². The monoisotopic (exact) mass is 231 g/mol. The zero-order valence-electron chi connectivity index (χ0n) is 11.3. The molecule has 0 aliphatic rings. The number of hydrogen-bond acceptors (Lipinski definition) is 4. The zero-order valence-corrected chi connectivity index (χ0v) is 11.3. The Morgan fingerprint density at radius 2 is 1.62 bits per heavy atom. The summed E-state index contributed by atoms with van der Waals surface area (Å²) < 4.78 is 10.5. The van der Waals surface area contributed by atoms with E-state index in [-0.39, 0.29) is 23.6 Å². The van der Waals surface area contributed by atoms with Crippen LogP contribution in [0.25, 0.3) is 0 Å². The van der Waals surface area contributed by atoms with Crippen LogP contribution >= 0.6 is 0 Å². The highest BCUT2D eigenvalue weighted by atomic mass is 16.6. The van der Waals surface area contributed by atoms with Crippen LogP contribution in [-0.2, 0) is 14.3 Å². The second kappa shape index (κ2) is 5.64. The SMILES string of the molecule is CC(C)(C)OCCOC(=O)[C@@H](N)C(C)(C)C. The molecule has 0 radical (unpaired) electrons. The molecule has 4 heteroatoms. The van der Waals surface area contributed by atoms with Gasteiger partial charge >= 0.3 is 5.97 Å².